The van der Waals surface area contributed by atoms with Crippen molar-refractivity contribution in [3.63, 3.8) is 0 Å². The molecule has 0 fully saturated rings. The molecule has 0 saturated carbocycles. The van der Waals surface area contributed by atoms with Crippen LogP contribution in [0, 0.1) is 0 Å². The first-order chi connectivity index (χ1) is 8.71. The minimum absolute atomic E-state index is 0.534. The van der Waals surface area contributed by atoms with Crippen molar-refractivity contribution in [3.8, 4) is 11.5 Å². The smallest absolute Gasteiger partial charge is 0.161 e. The van der Waals surface area contributed by atoms with E-state index in [-0.39, 0.29) is 0 Å². The van der Waals surface area contributed by atoms with E-state index < -0.39 is 0 Å². The third kappa shape index (κ3) is 4.57. The monoisotopic (exact) mass is 251 g/mol. The van der Waals surface area contributed by atoms with Crippen LogP contribution in [-0.4, -0.2) is 19.3 Å². The Morgan fingerprint density at radius 1 is 1.06 bits per heavy atom. The zero-order valence-corrected chi connectivity index (χ0v) is 12.0. The molecule has 1 rings (SSSR count). The Balaban J connectivity index is 2.72. The second-order valence-corrected chi connectivity index (χ2v) is 4.34. The van der Waals surface area contributed by atoms with Gasteiger partial charge in [-0.2, -0.15) is 0 Å². The summed E-state index contributed by atoms with van der Waals surface area (Å²) in [5, 5.41) is 3.47. The normalized spacial score (nSPS) is 12.2. The molecular formula is C15H25NO2. The quantitative estimate of drug-likeness (QED) is 0.768. The van der Waals surface area contributed by atoms with Crippen molar-refractivity contribution in [1.82, 2.24) is 5.32 Å². The van der Waals surface area contributed by atoms with Gasteiger partial charge in [0.25, 0.3) is 0 Å². The molecule has 0 aliphatic heterocycles. The molecule has 0 bridgehead atoms. The summed E-state index contributed by atoms with van der Waals surface area (Å²) in [7, 11) is 0. The van der Waals surface area contributed by atoms with Crippen LogP contribution in [0.25, 0.3) is 0 Å². The fraction of sp³-hybridized carbons (Fsp3) is 0.600. The van der Waals surface area contributed by atoms with Crippen LogP contribution < -0.4 is 14.8 Å². The molecule has 0 heterocycles. The Morgan fingerprint density at radius 3 is 2.33 bits per heavy atom. The molecule has 0 aliphatic carbocycles. The van der Waals surface area contributed by atoms with Crippen LogP contribution in [0.1, 0.15) is 39.7 Å². The van der Waals surface area contributed by atoms with Crippen LogP contribution in [-0.2, 0) is 6.54 Å². The van der Waals surface area contributed by atoms with Crippen molar-refractivity contribution >= 4 is 0 Å². The molecule has 1 atom stereocenters. The highest BCUT2D eigenvalue weighted by Crippen LogP contribution is 2.28. The summed E-state index contributed by atoms with van der Waals surface area (Å²) in [6.07, 6.45) is 1.13. The molecule has 0 saturated heterocycles. The molecule has 3 heteroatoms. The Kier molecular flexibility index (Phi) is 6.58. The van der Waals surface area contributed by atoms with Gasteiger partial charge in [-0.15, -0.1) is 0 Å². The van der Waals surface area contributed by atoms with Gasteiger partial charge < -0.3 is 14.8 Å². The van der Waals surface area contributed by atoms with Crippen molar-refractivity contribution < 1.29 is 9.47 Å². The fourth-order valence-corrected chi connectivity index (χ4v) is 1.64. The summed E-state index contributed by atoms with van der Waals surface area (Å²) in [6.45, 7) is 10.5. The largest absolute Gasteiger partial charge is 0.490 e. The zero-order valence-electron chi connectivity index (χ0n) is 12.0. The van der Waals surface area contributed by atoms with Crippen LogP contribution in [0.2, 0.25) is 0 Å². The third-order valence-corrected chi connectivity index (χ3v) is 2.87. The molecule has 3 nitrogen and oxygen atoms in total. The Morgan fingerprint density at radius 2 is 1.72 bits per heavy atom. The van der Waals surface area contributed by atoms with Crippen molar-refractivity contribution in [2.75, 3.05) is 13.2 Å². The molecule has 18 heavy (non-hydrogen) atoms. The van der Waals surface area contributed by atoms with E-state index in [4.69, 9.17) is 9.47 Å². The van der Waals surface area contributed by atoms with Gasteiger partial charge in [-0.25, -0.2) is 0 Å². The molecule has 0 radical (unpaired) electrons. The van der Waals surface area contributed by atoms with Crippen LogP contribution in [0.5, 0.6) is 11.5 Å². The van der Waals surface area contributed by atoms with Crippen molar-refractivity contribution in [2.24, 2.45) is 0 Å². The standard InChI is InChI=1S/C15H25NO2/c1-5-12(4)16-11-13-8-9-14(17-6-2)15(10-13)18-7-3/h8-10,12,16H,5-7,11H2,1-4H3/t12-/m1/s1. The molecule has 102 valence electrons. The third-order valence-electron chi connectivity index (χ3n) is 2.87. The number of hydrogen-bond donors (Lipinski definition) is 1. The number of nitrogens with one attached hydrogen (secondary N) is 1. The lowest BCUT2D eigenvalue weighted by molar-refractivity contribution is 0.287. The van der Waals surface area contributed by atoms with Crippen LogP contribution in [0.3, 0.4) is 0 Å². The molecular weight excluding hydrogens is 226 g/mol. The molecule has 1 N–H and O–H groups in total. The predicted molar refractivity (Wildman–Crippen MR) is 75.4 cm³/mol. The van der Waals surface area contributed by atoms with Crippen molar-refractivity contribution in [1.29, 1.82) is 0 Å². The van der Waals surface area contributed by atoms with Crippen molar-refractivity contribution in [3.05, 3.63) is 23.8 Å². The maximum atomic E-state index is 5.61. The molecule has 0 amide bonds. The van der Waals surface area contributed by atoms with E-state index in [9.17, 15) is 0 Å². The van der Waals surface area contributed by atoms with Gasteiger partial charge >= 0.3 is 0 Å². The highest BCUT2D eigenvalue weighted by atomic mass is 16.5. The van der Waals surface area contributed by atoms with E-state index in [0.29, 0.717) is 19.3 Å². The highest BCUT2D eigenvalue weighted by molar-refractivity contribution is 5.43. The summed E-state index contributed by atoms with van der Waals surface area (Å²) >= 11 is 0. The molecule has 0 aromatic heterocycles. The van der Waals surface area contributed by atoms with E-state index in [1.54, 1.807) is 0 Å². The molecule has 0 unspecified atom stereocenters. The first-order valence-electron chi connectivity index (χ1n) is 6.83. The summed E-state index contributed by atoms with van der Waals surface area (Å²) in [6, 6.07) is 6.67. The molecule has 1 aromatic rings. The minimum Gasteiger partial charge on any atom is -0.490 e. The first kappa shape index (κ1) is 14.8. The van der Waals surface area contributed by atoms with Crippen molar-refractivity contribution in [2.45, 2.75) is 46.7 Å². The van der Waals surface area contributed by atoms with E-state index in [0.717, 1.165) is 24.5 Å². The van der Waals surface area contributed by atoms with Gasteiger partial charge in [0.1, 0.15) is 0 Å². The van der Waals surface area contributed by atoms with Gasteiger partial charge in [0.15, 0.2) is 11.5 Å². The number of benzene rings is 1. The van der Waals surface area contributed by atoms with Gasteiger partial charge in [-0.3, -0.25) is 0 Å². The zero-order chi connectivity index (χ0) is 13.4. The van der Waals surface area contributed by atoms with E-state index in [1.807, 2.05) is 19.9 Å². The Labute approximate surface area is 110 Å². The lowest BCUT2D eigenvalue weighted by Crippen LogP contribution is -2.24. The SMILES string of the molecule is CCOc1ccc(CN[C@H](C)CC)cc1OCC. The van der Waals surface area contributed by atoms with Gasteiger partial charge in [-0.1, -0.05) is 13.0 Å². The Hall–Kier alpha value is -1.22. The number of ether oxygens (including phenoxy) is 2. The van der Waals surface area contributed by atoms with E-state index in [2.05, 4.69) is 31.3 Å². The van der Waals surface area contributed by atoms with Gasteiger partial charge in [-0.05, 0) is 44.9 Å². The average molecular weight is 251 g/mol. The van der Waals surface area contributed by atoms with Crippen LogP contribution in [0.15, 0.2) is 18.2 Å². The number of rotatable bonds is 8. The summed E-state index contributed by atoms with van der Waals surface area (Å²) in [5.41, 5.74) is 1.22. The average Bonchev–Trinajstić information content (AvgIpc) is 2.39. The van der Waals surface area contributed by atoms with Crippen LogP contribution in [0.4, 0.5) is 0 Å². The number of hydrogen-bond acceptors (Lipinski definition) is 3. The fourth-order valence-electron chi connectivity index (χ4n) is 1.64. The summed E-state index contributed by atoms with van der Waals surface area (Å²) < 4.78 is 11.2. The molecule has 0 spiro atoms. The Bertz CT molecular complexity index is 352. The highest BCUT2D eigenvalue weighted by Gasteiger charge is 2.06. The first-order valence-corrected chi connectivity index (χ1v) is 6.83. The lowest BCUT2D eigenvalue weighted by atomic mass is 10.1. The minimum atomic E-state index is 0.534. The van der Waals surface area contributed by atoms with E-state index >= 15 is 0 Å². The lowest BCUT2D eigenvalue weighted by Gasteiger charge is -2.14. The second kappa shape index (κ2) is 7.98. The van der Waals surface area contributed by atoms with Crippen LogP contribution >= 0.6 is 0 Å². The van der Waals surface area contributed by atoms with Gasteiger partial charge in [0, 0.05) is 12.6 Å². The molecule has 1 aromatic carbocycles. The maximum Gasteiger partial charge on any atom is 0.161 e. The molecule has 0 aliphatic rings. The summed E-state index contributed by atoms with van der Waals surface area (Å²) in [4.78, 5) is 0. The van der Waals surface area contributed by atoms with Gasteiger partial charge in [0.2, 0.25) is 0 Å². The topological polar surface area (TPSA) is 30.5 Å². The van der Waals surface area contributed by atoms with Gasteiger partial charge in [0.05, 0.1) is 13.2 Å². The summed E-state index contributed by atoms with van der Waals surface area (Å²) in [5.74, 6) is 1.66. The maximum absolute atomic E-state index is 5.61. The van der Waals surface area contributed by atoms with E-state index in [1.165, 1.54) is 5.56 Å². The second-order valence-electron chi connectivity index (χ2n) is 4.34. The predicted octanol–water partition coefficient (Wildman–Crippen LogP) is 3.37.